The second-order valence-electron chi connectivity index (χ2n) is 4.70. The number of benzene rings is 3. The minimum absolute atomic E-state index is 0.149. The molecule has 3 aromatic carbocycles. The van der Waals surface area contributed by atoms with Crippen molar-refractivity contribution in [3.8, 4) is 0 Å². The fraction of sp³-hybridized carbons (Fsp3) is 0. The van der Waals surface area contributed by atoms with E-state index in [9.17, 15) is 8.42 Å². The van der Waals surface area contributed by atoms with Crippen LogP contribution < -0.4 is 4.72 Å². The standard InChI is InChI=1S/C16H11Cl2NO2S/c17-11-5-7-12(8-6-11)22(20,21)19-16-10-9-15(18)13-3-1-2-4-14(13)16/h1-10,19H. The lowest BCUT2D eigenvalue weighted by Gasteiger charge is -2.11. The highest BCUT2D eigenvalue weighted by molar-refractivity contribution is 7.92. The zero-order valence-electron chi connectivity index (χ0n) is 11.3. The summed E-state index contributed by atoms with van der Waals surface area (Å²) in [4.78, 5) is 0.149. The molecule has 0 aromatic heterocycles. The predicted molar refractivity (Wildman–Crippen MR) is 91.2 cm³/mol. The first-order valence-corrected chi connectivity index (χ1v) is 8.67. The molecule has 0 aliphatic heterocycles. The quantitative estimate of drug-likeness (QED) is 0.725. The molecular formula is C16H11Cl2NO2S. The summed E-state index contributed by atoms with van der Waals surface area (Å²) < 4.78 is 27.5. The summed E-state index contributed by atoms with van der Waals surface area (Å²) in [6.45, 7) is 0. The van der Waals surface area contributed by atoms with Crippen molar-refractivity contribution in [2.75, 3.05) is 4.72 Å². The molecule has 0 heterocycles. The van der Waals surface area contributed by atoms with Gasteiger partial charge in [0.1, 0.15) is 0 Å². The van der Waals surface area contributed by atoms with Crippen LogP contribution in [-0.2, 0) is 10.0 Å². The molecular weight excluding hydrogens is 341 g/mol. The van der Waals surface area contributed by atoms with E-state index in [0.717, 1.165) is 10.8 Å². The number of rotatable bonds is 3. The van der Waals surface area contributed by atoms with E-state index in [-0.39, 0.29) is 4.90 Å². The van der Waals surface area contributed by atoms with Crippen LogP contribution in [0.15, 0.2) is 65.6 Å². The number of sulfonamides is 1. The Morgan fingerprint density at radius 3 is 2.09 bits per heavy atom. The van der Waals surface area contributed by atoms with Crippen LogP contribution in [0.25, 0.3) is 10.8 Å². The average Bonchev–Trinajstić information content (AvgIpc) is 2.51. The summed E-state index contributed by atoms with van der Waals surface area (Å²) in [6, 6.07) is 16.7. The van der Waals surface area contributed by atoms with Gasteiger partial charge in [-0.15, -0.1) is 0 Å². The molecule has 6 heteroatoms. The molecule has 0 radical (unpaired) electrons. The monoisotopic (exact) mass is 351 g/mol. The molecule has 0 spiro atoms. The normalized spacial score (nSPS) is 11.5. The number of anilines is 1. The molecule has 0 saturated heterocycles. The van der Waals surface area contributed by atoms with Gasteiger partial charge in [-0.1, -0.05) is 47.5 Å². The Balaban J connectivity index is 2.06. The summed E-state index contributed by atoms with van der Waals surface area (Å²) in [7, 11) is -3.69. The Bertz CT molecular complexity index is 938. The van der Waals surface area contributed by atoms with E-state index in [0.29, 0.717) is 15.7 Å². The van der Waals surface area contributed by atoms with Crippen molar-refractivity contribution < 1.29 is 8.42 Å². The highest BCUT2D eigenvalue weighted by atomic mass is 35.5. The SMILES string of the molecule is O=S(=O)(Nc1ccc(Cl)c2ccccc12)c1ccc(Cl)cc1. The van der Waals surface area contributed by atoms with Gasteiger partial charge in [-0.25, -0.2) is 8.42 Å². The second kappa shape index (κ2) is 5.80. The third-order valence-corrected chi connectivity index (χ3v) is 5.20. The van der Waals surface area contributed by atoms with Crippen molar-refractivity contribution in [3.63, 3.8) is 0 Å². The van der Waals surface area contributed by atoms with E-state index < -0.39 is 10.0 Å². The van der Waals surface area contributed by atoms with E-state index in [4.69, 9.17) is 23.2 Å². The minimum atomic E-state index is -3.69. The highest BCUT2D eigenvalue weighted by Gasteiger charge is 2.15. The van der Waals surface area contributed by atoms with Crippen molar-refractivity contribution >= 4 is 49.7 Å². The smallest absolute Gasteiger partial charge is 0.261 e. The van der Waals surface area contributed by atoms with Gasteiger partial charge in [0.05, 0.1) is 10.6 Å². The van der Waals surface area contributed by atoms with E-state index >= 15 is 0 Å². The topological polar surface area (TPSA) is 46.2 Å². The maximum atomic E-state index is 12.5. The largest absolute Gasteiger partial charge is 0.279 e. The van der Waals surface area contributed by atoms with Crippen LogP contribution in [0.4, 0.5) is 5.69 Å². The first kappa shape index (κ1) is 15.2. The van der Waals surface area contributed by atoms with E-state index in [1.807, 2.05) is 24.3 Å². The van der Waals surface area contributed by atoms with Crippen molar-refractivity contribution in [2.45, 2.75) is 4.90 Å². The zero-order chi connectivity index (χ0) is 15.7. The molecule has 0 saturated carbocycles. The van der Waals surface area contributed by atoms with E-state index in [2.05, 4.69) is 4.72 Å². The van der Waals surface area contributed by atoms with Gasteiger partial charge in [0, 0.05) is 20.8 Å². The molecule has 0 amide bonds. The number of halogens is 2. The lowest BCUT2D eigenvalue weighted by Crippen LogP contribution is -2.13. The van der Waals surface area contributed by atoms with Crippen LogP contribution in [0, 0.1) is 0 Å². The average molecular weight is 352 g/mol. The van der Waals surface area contributed by atoms with Crippen LogP contribution in [0.1, 0.15) is 0 Å². The Morgan fingerprint density at radius 1 is 0.773 bits per heavy atom. The van der Waals surface area contributed by atoms with Crippen molar-refractivity contribution in [1.82, 2.24) is 0 Å². The number of fused-ring (bicyclic) bond motifs is 1. The van der Waals surface area contributed by atoms with Gasteiger partial charge >= 0.3 is 0 Å². The molecule has 3 nitrogen and oxygen atoms in total. The summed E-state index contributed by atoms with van der Waals surface area (Å²) in [5, 5.41) is 2.59. The maximum Gasteiger partial charge on any atom is 0.261 e. The van der Waals surface area contributed by atoms with Crippen molar-refractivity contribution in [3.05, 3.63) is 70.7 Å². The molecule has 0 aliphatic rings. The van der Waals surface area contributed by atoms with E-state index in [1.54, 1.807) is 12.1 Å². The third-order valence-electron chi connectivity index (χ3n) is 3.24. The first-order valence-electron chi connectivity index (χ1n) is 6.43. The number of hydrogen-bond acceptors (Lipinski definition) is 2. The van der Waals surface area contributed by atoms with Crippen LogP contribution >= 0.6 is 23.2 Å². The summed E-state index contributed by atoms with van der Waals surface area (Å²) in [5.74, 6) is 0. The maximum absolute atomic E-state index is 12.5. The number of hydrogen-bond donors (Lipinski definition) is 1. The third kappa shape index (κ3) is 2.90. The Labute approximate surface area is 138 Å². The minimum Gasteiger partial charge on any atom is -0.279 e. The first-order chi connectivity index (χ1) is 10.5. The summed E-state index contributed by atoms with van der Waals surface area (Å²) >= 11 is 11.9. The van der Waals surface area contributed by atoms with Gasteiger partial charge in [-0.05, 0) is 36.4 Å². The fourth-order valence-electron chi connectivity index (χ4n) is 2.17. The molecule has 112 valence electrons. The van der Waals surface area contributed by atoms with Crippen molar-refractivity contribution in [1.29, 1.82) is 0 Å². The molecule has 0 aliphatic carbocycles. The van der Waals surface area contributed by atoms with Crippen LogP contribution in [0.3, 0.4) is 0 Å². The second-order valence-corrected chi connectivity index (χ2v) is 7.23. The molecule has 0 unspecified atom stereocenters. The Kier molecular flexibility index (Phi) is 4.00. The summed E-state index contributed by atoms with van der Waals surface area (Å²) in [6.07, 6.45) is 0. The molecule has 1 N–H and O–H groups in total. The van der Waals surface area contributed by atoms with Crippen LogP contribution in [-0.4, -0.2) is 8.42 Å². The lowest BCUT2D eigenvalue weighted by atomic mass is 10.1. The van der Waals surface area contributed by atoms with Gasteiger partial charge < -0.3 is 0 Å². The molecule has 0 atom stereocenters. The number of nitrogens with one attached hydrogen (secondary N) is 1. The summed E-state index contributed by atoms with van der Waals surface area (Å²) in [5.41, 5.74) is 0.481. The lowest BCUT2D eigenvalue weighted by molar-refractivity contribution is 0.601. The molecule has 3 rings (SSSR count). The van der Waals surface area contributed by atoms with Gasteiger partial charge in [0.25, 0.3) is 10.0 Å². The van der Waals surface area contributed by atoms with Gasteiger partial charge in [-0.3, -0.25) is 4.72 Å². The van der Waals surface area contributed by atoms with Gasteiger partial charge in [0.15, 0.2) is 0 Å². The van der Waals surface area contributed by atoms with Gasteiger partial charge in [0.2, 0.25) is 0 Å². The van der Waals surface area contributed by atoms with E-state index in [1.165, 1.54) is 24.3 Å². The van der Waals surface area contributed by atoms with Crippen LogP contribution in [0.5, 0.6) is 0 Å². The molecule has 0 bridgehead atoms. The molecule has 0 fully saturated rings. The molecule has 22 heavy (non-hydrogen) atoms. The van der Waals surface area contributed by atoms with Crippen molar-refractivity contribution in [2.24, 2.45) is 0 Å². The Hall–Kier alpha value is -1.75. The zero-order valence-corrected chi connectivity index (χ0v) is 13.6. The fourth-order valence-corrected chi connectivity index (χ4v) is 3.60. The Morgan fingerprint density at radius 2 is 1.41 bits per heavy atom. The van der Waals surface area contributed by atoms with Gasteiger partial charge in [-0.2, -0.15) is 0 Å². The molecule has 3 aromatic rings. The van der Waals surface area contributed by atoms with Crippen LogP contribution in [0.2, 0.25) is 10.0 Å². The highest BCUT2D eigenvalue weighted by Crippen LogP contribution is 2.31. The predicted octanol–water partition coefficient (Wildman–Crippen LogP) is 4.95.